The van der Waals surface area contributed by atoms with Crippen molar-refractivity contribution < 1.29 is 9.59 Å². The van der Waals surface area contributed by atoms with Crippen LogP contribution >= 0.6 is 11.8 Å². The Morgan fingerprint density at radius 3 is 2.33 bits per heavy atom. The maximum Gasteiger partial charge on any atom is 0.253 e. The van der Waals surface area contributed by atoms with Gasteiger partial charge in [0.25, 0.3) is 5.91 Å². The van der Waals surface area contributed by atoms with E-state index >= 15 is 0 Å². The number of nitrogens with one attached hydrogen (secondary N) is 2. The van der Waals surface area contributed by atoms with Gasteiger partial charge in [-0.1, -0.05) is 45.0 Å². The van der Waals surface area contributed by atoms with Gasteiger partial charge in [-0.05, 0) is 35.2 Å². The summed E-state index contributed by atoms with van der Waals surface area (Å²) in [5.41, 5.74) is 7.71. The average Bonchev–Trinajstić information content (AvgIpc) is 2.64. The van der Waals surface area contributed by atoms with Gasteiger partial charge in [-0.3, -0.25) is 9.59 Å². The van der Waals surface area contributed by atoms with Gasteiger partial charge < -0.3 is 16.4 Å². The molecule has 2 rings (SSSR count). The van der Waals surface area contributed by atoms with E-state index in [1.165, 1.54) is 17.3 Å². The number of amides is 2. The van der Waals surface area contributed by atoms with Crippen LogP contribution in [0.15, 0.2) is 53.4 Å². The van der Waals surface area contributed by atoms with Gasteiger partial charge in [0.1, 0.15) is 0 Å². The molecule has 0 unspecified atom stereocenters. The Morgan fingerprint density at radius 1 is 1.04 bits per heavy atom. The molecule has 5 nitrogen and oxygen atoms in total. The van der Waals surface area contributed by atoms with Gasteiger partial charge in [-0.15, -0.1) is 11.8 Å². The standard InChI is InChI=1S/C21H27N3O2S/c1-21(2,3)15-8-10-16(11-9-15)27-14-19(25)24-18-7-5-4-6-17(18)20(26)23-13-12-22/h4-11H,12-14,22H2,1-3H3,(H,23,26)(H,24,25). The van der Waals surface area contributed by atoms with E-state index in [9.17, 15) is 9.59 Å². The highest BCUT2D eigenvalue weighted by atomic mass is 32.2. The molecule has 6 heteroatoms. The fourth-order valence-corrected chi connectivity index (χ4v) is 3.16. The summed E-state index contributed by atoms with van der Waals surface area (Å²) in [5.74, 6) is -0.131. The molecule has 2 aromatic carbocycles. The lowest BCUT2D eigenvalue weighted by molar-refractivity contribution is -0.113. The molecule has 2 aromatic rings. The van der Waals surface area contributed by atoms with E-state index in [-0.39, 0.29) is 23.0 Å². The minimum Gasteiger partial charge on any atom is -0.351 e. The van der Waals surface area contributed by atoms with E-state index in [0.29, 0.717) is 24.3 Å². The zero-order valence-corrected chi connectivity index (χ0v) is 16.9. The first kappa shape index (κ1) is 21.0. The molecular weight excluding hydrogens is 358 g/mol. The summed E-state index contributed by atoms with van der Waals surface area (Å²) in [7, 11) is 0. The fourth-order valence-electron chi connectivity index (χ4n) is 2.46. The highest BCUT2D eigenvalue weighted by Crippen LogP contribution is 2.26. The van der Waals surface area contributed by atoms with Gasteiger partial charge in [0, 0.05) is 18.0 Å². The normalized spacial score (nSPS) is 11.1. The van der Waals surface area contributed by atoms with Crippen molar-refractivity contribution in [3.8, 4) is 0 Å². The molecular formula is C21H27N3O2S. The summed E-state index contributed by atoms with van der Waals surface area (Å²) in [6.45, 7) is 7.27. The van der Waals surface area contributed by atoms with Crippen LogP contribution in [0.4, 0.5) is 5.69 Å². The number of benzene rings is 2. The lowest BCUT2D eigenvalue weighted by Gasteiger charge is -2.19. The Bertz CT molecular complexity index is 783. The van der Waals surface area contributed by atoms with Crippen LogP contribution in [-0.2, 0) is 10.2 Å². The summed E-state index contributed by atoms with van der Waals surface area (Å²) in [6.07, 6.45) is 0. The second-order valence-corrected chi connectivity index (χ2v) is 8.25. The van der Waals surface area contributed by atoms with Crippen molar-refractivity contribution in [1.29, 1.82) is 0 Å². The number of nitrogens with two attached hydrogens (primary N) is 1. The summed E-state index contributed by atoms with van der Waals surface area (Å²) in [4.78, 5) is 25.5. The van der Waals surface area contributed by atoms with Crippen molar-refractivity contribution in [2.24, 2.45) is 5.73 Å². The molecule has 0 aliphatic carbocycles. The molecule has 0 aliphatic rings. The summed E-state index contributed by atoms with van der Waals surface area (Å²) < 4.78 is 0. The highest BCUT2D eigenvalue weighted by molar-refractivity contribution is 8.00. The van der Waals surface area contributed by atoms with E-state index in [4.69, 9.17) is 5.73 Å². The van der Waals surface area contributed by atoms with Crippen LogP contribution < -0.4 is 16.4 Å². The molecule has 0 spiro atoms. The molecule has 27 heavy (non-hydrogen) atoms. The molecule has 0 saturated carbocycles. The van der Waals surface area contributed by atoms with E-state index < -0.39 is 0 Å². The van der Waals surface area contributed by atoms with Gasteiger partial charge in [-0.25, -0.2) is 0 Å². The topological polar surface area (TPSA) is 84.2 Å². The molecule has 4 N–H and O–H groups in total. The number of carbonyl (C=O) groups is 2. The number of carbonyl (C=O) groups excluding carboxylic acids is 2. The van der Waals surface area contributed by atoms with Crippen LogP contribution in [0.1, 0.15) is 36.7 Å². The van der Waals surface area contributed by atoms with E-state index in [0.717, 1.165) is 4.90 Å². The SMILES string of the molecule is CC(C)(C)c1ccc(SCC(=O)Nc2ccccc2C(=O)NCCN)cc1. The van der Waals surface area contributed by atoms with Gasteiger partial charge >= 0.3 is 0 Å². The first-order valence-corrected chi connectivity index (χ1v) is 9.90. The van der Waals surface area contributed by atoms with E-state index in [1.807, 2.05) is 12.1 Å². The monoisotopic (exact) mass is 385 g/mol. The Morgan fingerprint density at radius 2 is 1.70 bits per heavy atom. The summed E-state index contributed by atoms with van der Waals surface area (Å²) >= 11 is 1.47. The Kier molecular flexibility index (Phi) is 7.45. The van der Waals surface area contributed by atoms with Crippen molar-refractivity contribution in [1.82, 2.24) is 5.32 Å². The van der Waals surface area contributed by atoms with E-state index in [1.54, 1.807) is 24.3 Å². The summed E-state index contributed by atoms with van der Waals surface area (Å²) in [6, 6.07) is 15.2. The third-order valence-corrected chi connectivity index (χ3v) is 4.98. The van der Waals surface area contributed by atoms with Crippen LogP contribution in [0.25, 0.3) is 0 Å². The van der Waals surface area contributed by atoms with Crippen LogP contribution in [0, 0.1) is 0 Å². The number of hydrogen-bond donors (Lipinski definition) is 3. The van der Waals surface area contributed by atoms with Crippen LogP contribution in [0.3, 0.4) is 0 Å². The van der Waals surface area contributed by atoms with Crippen molar-refractivity contribution in [2.75, 3.05) is 24.2 Å². The minimum absolute atomic E-state index is 0.106. The quantitative estimate of drug-likeness (QED) is 0.638. The van der Waals surface area contributed by atoms with E-state index in [2.05, 4.69) is 43.5 Å². The van der Waals surface area contributed by atoms with Gasteiger partial charge in [0.15, 0.2) is 0 Å². The summed E-state index contributed by atoms with van der Waals surface area (Å²) in [5, 5.41) is 5.54. The van der Waals surface area contributed by atoms with Gasteiger partial charge in [0.2, 0.25) is 5.91 Å². The zero-order valence-electron chi connectivity index (χ0n) is 16.0. The van der Waals surface area contributed by atoms with Crippen LogP contribution in [-0.4, -0.2) is 30.7 Å². The molecule has 2 amide bonds. The lowest BCUT2D eigenvalue weighted by atomic mass is 9.87. The Labute approximate surface area is 165 Å². The molecule has 144 valence electrons. The third kappa shape index (κ3) is 6.41. The number of para-hydroxylation sites is 1. The molecule has 0 radical (unpaired) electrons. The van der Waals surface area contributed by atoms with Gasteiger partial charge in [-0.2, -0.15) is 0 Å². The maximum atomic E-state index is 12.3. The highest BCUT2D eigenvalue weighted by Gasteiger charge is 2.14. The number of anilines is 1. The molecule has 0 bridgehead atoms. The third-order valence-electron chi connectivity index (χ3n) is 3.97. The molecule has 0 saturated heterocycles. The first-order valence-electron chi connectivity index (χ1n) is 8.92. The molecule has 0 aromatic heterocycles. The predicted molar refractivity (Wildman–Crippen MR) is 112 cm³/mol. The Balaban J connectivity index is 1.95. The minimum atomic E-state index is -0.248. The zero-order chi connectivity index (χ0) is 19.9. The number of thioether (sulfide) groups is 1. The Hall–Kier alpha value is -2.31. The first-order chi connectivity index (χ1) is 12.8. The van der Waals surface area contributed by atoms with Crippen molar-refractivity contribution in [2.45, 2.75) is 31.1 Å². The lowest BCUT2D eigenvalue weighted by Crippen LogP contribution is -2.30. The second-order valence-electron chi connectivity index (χ2n) is 7.20. The molecule has 0 aliphatic heterocycles. The average molecular weight is 386 g/mol. The van der Waals surface area contributed by atoms with Crippen molar-refractivity contribution in [3.05, 3.63) is 59.7 Å². The molecule has 0 fully saturated rings. The predicted octanol–water partition coefficient (Wildman–Crippen LogP) is 3.40. The largest absolute Gasteiger partial charge is 0.351 e. The molecule has 0 heterocycles. The second kappa shape index (κ2) is 9.58. The fraction of sp³-hybridized carbons (Fsp3) is 0.333. The molecule has 0 atom stereocenters. The van der Waals surface area contributed by atoms with Crippen molar-refractivity contribution in [3.63, 3.8) is 0 Å². The van der Waals surface area contributed by atoms with Crippen LogP contribution in [0.5, 0.6) is 0 Å². The van der Waals surface area contributed by atoms with Crippen LogP contribution in [0.2, 0.25) is 0 Å². The maximum absolute atomic E-state index is 12.3. The smallest absolute Gasteiger partial charge is 0.253 e. The number of hydrogen-bond acceptors (Lipinski definition) is 4. The van der Waals surface area contributed by atoms with Crippen molar-refractivity contribution >= 4 is 29.3 Å². The number of rotatable bonds is 7. The van der Waals surface area contributed by atoms with Gasteiger partial charge in [0.05, 0.1) is 17.0 Å².